The third kappa shape index (κ3) is 6.79. The lowest BCUT2D eigenvalue weighted by molar-refractivity contribution is -0.192. The molecule has 26 heavy (non-hydrogen) atoms. The fourth-order valence-electron chi connectivity index (χ4n) is 2.03. The molecule has 0 radical (unpaired) electrons. The number of carbonyl (C=O) groups is 3. The Balaban J connectivity index is 0.000000412. The van der Waals surface area contributed by atoms with Crippen LogP contribution in [0, 0.1) is 5.41 Å². The highest BCUT2D eigenvalue weighted by atomic mass is 19.4. The van der Waals surface area contributed by atoms with Crippen molar-refractivity contribution in [1.29, 1.82) is 0 Å². The second-order valence-corrected chi connectivity index (χ2v) is 6.03. The minimum atomic E-state index is -5.08. The van der Waals surface area contributed by atoms with Crippen LogP contribution in [-0.4, -0.2) is 47.0 Å². The molecule has 10 heteroatoms. The summed E-state index contributed by atoms with van der Waals surface area (Å²) in [7, 11) is 0. The number of aromatic nitrogens is 1. The van der Waals surface area contributed by atoms with Crippen molar-refractivity contribution in [1.82, 2.24) is 10.3 Å². The number of nitrogens with two attached hydrogens (primary N) is 1. The lowest BCUT2D eigenvalue weighted by Crippen LogP contribution is -2.28. The summed E-state index contributed by atoms with van der Waals surface area (Å²) in [5.74, 6) is -3.04. The van der Waals surface area contributed by atoms with Gasteiger partial charge in [0, 0.05) is 24.5 Å². The van der Waals surface area contributed by atoms with Crippen molar-refractivity contribution < 1.29 is 32.7 Å². The Morgan fingerprint density at radius 3 is 2.23 bits per heavy atom. The first-order valence-electron chi connectivity index (χ1n) is 7.75. The van der Waals surface area contributed by atoms with Gasteiger partial charge in [-0.1, -0.05) is 0 Å². The number of hydrogen-bond acceptors (Lipinski definition) is 5. The second-order valence-electron chi connectivity index (χ2n) is 6.03. The zero-order valence-corrected chi connectivity index (χ0v) is 14.1. The lowest BCUT2D eigenvalue weighted by atomic mass is 10.0. The molecular weight excluding hydrogens is 355 g/mol. The van der Waals surface area contributed by atoms with Crippen LogP contribution in [0.4, 0.5) is 13.2 Å². The summed E-state index contributed by atoms with van der Waals surface area (Å²) in [5, 5.41) is 9.97. The highest BCUT2D eigenvalue weighted by Crippen LogP contribution is 2.47. The van der Waals surface area contributed by atoms with Gasteiger partial charge in [0.15, 0.2) is 5.78 Å². The number of hydrogen-bond donors (Lipinski definition) is 3. The van der Waals surface area contributed by atoms with E-state index in [0.717, 1.165) is 19.3 Å². The first-order chi connectivity index (χ1) is 12.0. The molecule has 1 amide bonds. The van der Waals surface area contributed by atoms with Crippen molar-refractivity contribution in [2.75, 3.05) is 13.1 Å². The highest BCUT2D eigenvalue weighted by Gasteiger charge is 2.40. The quantitative estimate of drug-likeness (QED) is 0.652. The van der Waals surface area contributed by atoms with Gasteiger partial charge in [-0.05, 0) is 44.2 Å². The van der Waals surface area contributed by atoms with E-state index < -0.39 is 12.1 Å². The van der Waals surface area contributed by atoms with Gasteiger partial charge in [-0.15, -0.1) is 0 Å². The molecule has 7 nitrogen and oxygen atoms in total. The van der Waals surface area contributed by atoms with Crippen molar-refractivity contribution >= 4 is 17.7 Å². The number of ketones is 1. The maximum Gasteiger partial charge on any atom is 0.490 e. The molecule has 0 bridgehead atoms. The Morgan fingerprint density at radius 2 is 1.81 bits per heavy atom. The number of nitrogens with zero attached hydrogens (tertiary/aromatic N) is 1. The summed E-state index contributed by atoms with van der Waals surface area (Å²) >= 11 is 0. The van der Waals surface area contributed by atoms with E-state index in [4.69, 9.17) is 15.6 Å². The van der Waals surface area contributed by atoms with E-state index in [0.29, 0.717) is 24.2 Å². The van der Waals surface area contributed by atoms with Crippen LogP contribution in [0.15, 0.2) is 18.5 Å². The maximum absolute atomic E-state index is 11.9. The molecule has 0 atom stereocenters. The van der Waals surface area contributed by atoms with Crippen molar-refractivity contribution in [2.24, 2.45) is 11.1 Å². The molecular formula is C16H20F3N3O4. The minimum absolute atomic E-state index is 0.0952. The molecule has 0 spiro atoms. The molecule has 0 unspecified atom stereocenters. The molecule has 1 aliphatic carbocycles. The number of alkyl halides is 3. The molecule has 1 aromatic rings. The molecule has 1 aromatic heterocycles. The summed E-state index contributed by atoms with van der Waals surface area (Å²) in [6, 6.07) is 1.57. The second kappa shape index (κ2) is 8.75. The summed E-state index contributed by atoms with van der Waals surface area (Å²) in [6.07, 6.45) is 1.07. The molecule has 1 heterocycles. The van der Waals surface area contributed by atoms with E-state index in [-0.39, 0.29) is 17.1 Å². The predicted octanol–water partition coefficient (Wildman–Crippen LogP) is 1.78. The molecule has 0 saturated heterocycles. The van der Waals surface area contributed by atoms with E-state index >= 15 is 0 Å². The monoisotopic (exact) mass is 375 g/mol. The summed E-state index contributed by atoms with van der Waals surface area (Å²) in [6.45, 7) is 2.75. The maximum atomic E-state index is 11.9. The highest BCUT2D eigenvalue weighted by molar-refractivity contribution is 5.99. The normalized spacial score (nSPS) is 14.7. The summed E-state index contributed by atoms with van der Waals surface area (Å²) in [4.78, 5) is 36.0. The number of aliphatic carboxylic acids is 1. The average Bonchev–Trinajstić information content (AvgIpc) is 3.35. The van der Waals surface area contributed by atoms with Crippen LogP contribution in [0.25, 0.3) is 0 Å². The number of carboxylic acid groups (broad SMARTS) is 1. The number of carbonyl (C=O) groups excluding carboxylic acids is 2. The molecule has 1 fully saturated rings. The molecule has 0 aromatic carbocycles. The van der Waals surface area contributed by atoms with E-state index in [1.807, 2.05) is 0 Å². The Bertz CT molecular complexity index is 673. The Kier molecular flexibility index (Phi) is 7.25. The van der Waals surface area contributed by atoms with Gasteiger partial charge in [0.2, 0.25) is 0 Å². The fraction of sp³-hybridized carbons (Fsp3) is 0.500. The van der Waals surface area contributed by atoms with E-state index in [1.165, 1.54) is 19.3 Å². The van der Waals surface area contributed by atoms with Crippen LogP contribution < -0.4 is 11.1 Å². The number of rotatable bonds is 6. The molecule has 0 aliphatic heterocycles. The number of amides is 1. The van der Waals surface area contributed by atoms with Crippen LogP contribution in [-0.2, 0) is 4.79 Å². The molecule has 2 rings (SSSR count). The number of halogens is 3. The van der Waals surface area contributed by atoms with Crippen LogP contribution in [0.1, 0.15) is 46.9 Å². The van der Waals surface area contributed by atoms with Crippen LogP contribution in [0.5, 0.6) is 0 Å². The van der Waals surface area contributed by atoms with Gasteiger partial charge in [0.1, 0.15) is 0 Å². The standard InChI is InChI=1S/C14H19N3O2.C2HF3O2/c1-10(18)11-6-12(8-16-7-11)13(19)17-5-4-14(9-15)2-3-14;3-2(4,5)1(6)7/h6-8H,2-5,9,15H2,1H3,(H,17,19);(H,6,7). The Morgan fingerprint density at radius 1 is 1.27 bits per heavy atom. The van der Waals surface area contributed by atoms with Crippen molar-refractivity contribution in [3.05, 3.63) is 29.6 Å². The average molecular weight is 375 g/mol. The number of nitrogens with one attached hydrogen (secondary N) is 1. The summed E-state index contributed by atoms with van der Waals surface area (Å²) in [5.41, 5.74) is 6.82. The molecule has 4 N–H and O–H groups in total. The van der Waals surface area contributed by atoms with E-state index in [2.05, 4.69) is 10.3 Å². The zero-order valence-electron chi connectivity index (χ0n) is 14.1. The molecule has 144 valence electrons. The van der Waals surface area contributed by atoms with Gasteiger partial charge in [0.05, 0.1) is 5.56 Å². The number of pyridine rings is 1. The Hall–Kier alpha value is -2.49. The largest absolute Gasteiger partial charge is 0.490 e. The number of Topliss-reactive ketones (excluding diaryl/α,β-unsaturated/α-hetero) is 1. The van der Waals surface area contributed by atoms with E-state index in [1.54, 1.807) is 6.07 Å². The van der Waals surface area contributed by atoms with Crippen LogP contribution in [0.2, 0.25) is 0 Å². The lowest BCUT2D eigenvalue weighted by Gasteiger charge is -2.12. The van der Waals surface area contributed by atoms with Gasteiger partial charge in [-0.3, -0.25) is 14.6 Å². The molecule has 1 saturated carbocycles. The van der Waals surface area contributed by atoms with E-state index in [9.17, 15) is 22.8 Å². The smallest absolute Gasteiger partial charge is 0.475 e. The third-order valence-electron chi connectivity index (χ3n) is 3.98. The van der Waals surface area contributed by atoms with Crippen molar-refractivity contribution in [2.45, 2.75) is 32.4 Å². The predicted molar refractivity (Wildman–Crippen MR) is 85.6 cm³/mol. The van der Waals surface area contributed by atoms with Gasteiger partial charge in [-0.25, -0.2) is 4.79 Å². The van der Waals surface area contributed by atoms with Gasteiger partial charge >= 0.3 is 12.1 Å². The number of carboxylic acids is 1. The van der Waals surface area contributed by atoms with Gasteiger partial charge < -0.3 is 16.2 Å². The summed E-state index contributed by atoms with van der Waals surface area (Å²) < 4.78 is 31.7. The minimum Gasteiger partial charge on any atom is -0.475 e. The SMILES string of the molecule is CC(=O)c1cncc(C(=O)NCCC2(CN)CC2)c1.O=C(O)C(F)(F)F. The van der Waals surface area contributed by atoms with Crippen molar-refractivity contribution in [3.63, 3.8) is 0 Å². The first kappa shape index (κ1) is 21.6. The Labute approximate surface area is 147 Å². The van der Waals surface area contributed by atoms with Crippen LogP contribution >= 0.6 is 0 Å². The third-order valence-corrected chi connectivity index (χ3v) is 3.98. The van der Waals surface area contributed by atoms with Gasteiger partial charge in [0.25, 0.3) is 5.91 Å². The topological polar surface area (TPSA) is 122 Å². The fourth-order valence-corrected chi connectivity index (χ4v) is 2.03. The van der Waals surface area contributed by atoms with Gasteiger partial charge in [-0.2, -0.15) is 13.2 Å². The molecule has 1 aliphatic rings. The van der Waals surface area contributed by atoms with Crippen LogP contribution in [0.3, 0.4) is 0 Å². The zero-order chi connectivity index (χ0) is 20.0. The van der Waals surface area contributed by atoms with Crippen molar-refractivity contribution in [3.8, 4) is 0 Å². The first-order valence-corrected chi connectivity index (χ1v) is 7.75.